The Labute approximate surface area is 210 Å². The third kappa shape index (κ3) is 5.07. The molecule has 1 aliphatic rings. The van der Waals surface area contributed by atoms with Crippen LogP contribution in [0.2, 0.25) is 10.0 Å². The molecule has 1 N–H and O–H groups in total. The first-order chi connectivity index (χ1) is 16.6. The number of carbonyl (C=O) groups excluding carboxylic acids is 1. The number of nitrogens with zero attached hydrogens (tertiary/aromatic N) is 3. The van der Waals surface area contributed by atoms with E-state index < -0.39 is 17.5 Å². The van der Waals surface area contributed by atoms with E-state index in [9.17, 15) is 23.2 Å². The van der Waals surface area contributed by atoms with Crippen LogP contribution in [0.5, 0.6) is 0 Å². The first-order valence-electron chi connectivity index (χ1n) is 10.6. The fourth-order valence-electron chi connectivity index (χ4n) is 4.28. The second-order valence-electron chi connectivity index (χ2n) is 8.25. The lowest BCUT2D eigenvalue weighted by atomic mass is 9.79. The number of nitriles is 1. The van der Waals surface area contributed by atoms with Crippen LogP contribution in [0.15, 0.2) is 60.8 Å². The number of pyridine rings is 1. The lowest BCUT2D eigenvalue weighted by Crippen LogP contribution is -2.44. The molecule has 1 amide bonds. The van der Waals surface area contributed by atoms with E-state index in [4.69, 9.17) is 23.2 Å². The summed E-state index contributed by atoms with van der Waals surface area (Å²) in [5, 5.41) is 12.6. The summed E-state index contributed by atoms with van der Waals surface area (Å²) >= 11 is 12.0. The van der Waals surface area contributed by atoms with Gasteiger partial charge in [-0.1, -0.05) is 29.3 Å². The molecule has 1 aromatic heterocycles. The summed E-state index contributed by atoms with van der Waals surface area (Å²) in [6.07, 6.45) is -3.16. The van der Waals surface area contributed by atoms with Crippen molar-refractivity contribution >= 4 is 34.8 Å². The summed E-state index contributed by atoms with van der Waals surface area (Å²) < 4.78 is 43.1. The van der Waals surface area contributed by atoms with Gasteiger partial charge in [-0.2, -0.15) is 18.4 Å². The van der Waals surface area contributed by atoms with Crippen molar-refractivity contribution < 1.29 is 18.0 Å². The van der Waals surface area contributed by atoms with Crippen LogP contribution < -0.4 is 10.2 Å². The van der Waals surface area contributed by atoms with E-state index >= 15 is 0 Å². The largest absolute Gasteiger partial charge is 0.400 e. The fraction of sp³-hybridized carbons (Fsp3) is 0.240. The van der Waals surface area contributed by atoms with Crippen LogP contribution in [0.4, 0.5) is 18.9 Å². The van der Waals surface area contributed by atoms with Crippen molar-refractivity contribution in [3.05, 3.63) is 93.2 Å². The third-order valence-electron chi connectivity index (χ3n) is 6.12. The zero-order chi connectivity index (χ0) is 25.2. The summed E-state index contributed by atoms with van der Waals surface area (Å²) in [6, 6.07) is 15.7. The number of anilines is 1. The van der Waals surface area contributed by atoms with Gasteiger partial charge >= 0.3 is 6.18 Å². The van der Waals surface area contributed by atoms with Gasteiger partial charge in [0.25, 0.3) is 5.91 Å². The number of hydrogen-bond donors (Lipinski definition) is 1. The molecule has 3 aromatic rings. The number of nitrogens with one attached hydrogen (secondary N) is 1. The highest BCUT2D eigenvalue weighted by atomic mass is 35.5. The number of amides is 1. The van der Waals surface area contributed by atoms with Gasteiger partial charge in [0.05, 0.1) is 23.4 Å². The first-order valence-corrected chi connectivity index (χ1v) is 11.4. The normalized spacial score (nSPS) is 17.8. The highest BCUT2D eigenvalue weighted by molar-refractivity contribution is 6.34. The summed E-state index contributed by atoms with van der Waals surface area (Å²) in [4.78, 5) is 18.3. The van der Waals surface area contributed by atoms with E-state index in [1.807, 2.05) is 6.07 Å². The predicted octanol–water partition coefficient (Wildman–Crippen LogP) is 5.90. The Kier molecular flexibility index (Phi) is 6.93. The number of hydrogen-bond acceptors (Lipinski definition) is 4. The minimum atomic E-state index is -4.56. The number of rotatable bonds is 5. The van der Waals surface area contributed by atoms with Crippen molar-refractivity contribution in [2.45, 2.75) is 24.6 Å². The first kappa shape index (κ1) is 24.8. The van der Waals surface area contributed by atoms with Crippen molar-refractivity contribution in [1.29, 1.82) is 5.26 Å². The molecule has 0 bridgehead atoms. The molecule has 5 nitrogen and oxygen atoms in total. The van der Waals surface area contributed by atoms with E-state index in [1.54, 1.807) is 35.4 Å². The Morgan fingerprint density at radius 1 is 1.14 bits per heavy atom. The Morgan fingerprint density at radius 3 is 2.51 bits per heavy atom. The molecule has 1 aliphatic heterocycles. The molecule has 1 unspecified atom stereocenters. The van der Waals surface area contributed by atoms with E-state index in [0.29, 0.717) is 11.4 Å². The number of aromatic nitrogens is 1. The molecule has 2 aromatic carbocycles. The number of halogens is 5. The van der Waals surface area contributed by atoms with Crippen LogP contribution >= 0.6 is 23.2 Å². The molecule has 10 heteroatoms. The smallest absolute Gasteiger partial charge is 0.370 e. The highest BCUT2D eigenvalue weighted by Crippen LogP contribution is 2.49. The van der Waals surface area contributed by atoms with E-state index in [2.05, 4.69) is 10.3 Å². The highest BCUT2D eigenvalue weighted by Gasteiger charge is 2.59. The van der Waals surface area contributed by atoms with Gasteiger partial charge in [0, 0.05) is 35.0 Å². The van der Waals surface area contributed by atoms with Crippen molar-refractivity contribution in [2.24, 2.45) is 0 Å². The molecule has 1 saturated heterocycles. The number of benzene rings is 2. The molecule has 180 valence electrons. The second-order valence-corrected chi connectivity index (χ2v) is 9.13. The maximum atomic E-state index is 14.4. The quantitative estimate of drug-likeness (QED) is 0.456. The standard InChI is InChI=1S/C25H19Cl2F3N4O/c26-18-10-17(11-19(27)12-18)24(25(28,29)30)6-8-34(15-24)21-4-5-22(16(9-21)13-31)23(35)33-14-20-3-1-2-7-32-20/h1-5,7,9-12H,6,8,14-15H2,(H,33,35). The van der Waals surface area contributed by atoms with Crippen LogP contribution in [-0.4, -0.2) is 30.2 Å². The molecular weight excluding hydrogens is 500 g/mol. The van der Waals surface area contributed by atoms with Gasteiger partial charge in [-0.25, -0.2) is 0 Å². The van der Waals surface area contributed by atoms with Gasteiger partial charge < -0.3 is 10.2 Å². The zero-order valence-corrected chi connectivity index (χ0v) is 19.8. The maximum absolute atomic E-state index is 14.4. The third-order valence-corrected chi connectivity index (χ3v) is 6.55. The Balaban J connectivity index is 1.59. The Bertz CT molecular complexity index is 1270. The van der Waals surface area contributed by atoms with E-state index in [0.717, 1.165) is 0 Å². The molecule has 2 heterocycles. The SMILES string of the molecule is N#Cc1cc(N2CCC(c3cc(Cl)cc(Cl)c3)(C(F)(F)F)C2)ccc1C(=O)NCc1ccccn1. The fourth-order valence-corrected chi connectivity index (χ4v) is 4.81. The molecule has 0 spiro atoms. The summed E-state index contributed by atoms with van der Waals surface area (Å²) in [5.41, 5.74) is -0.908. The van der Waals surface area contributed by atoms with Crippen LogP contribution in [0.25, 0.3) is 0 Å². The molecular formula is C25H19Cl2F3N4O. The van der Waals surface area contributed by atoms with Crippen molar-refractivity contribution in [3.63, 3.8) is 0 Å². The molecule has 0 saturated carbocycles. The molecule has 0 aliphatic carbocycles. The van der Waals surface area contributed by atoms with Crippen LogP contribution in [-0.2, 0) is 12.0 Å². The van der Waals surface area contributed by atoms with Gasteiger partial charge in [0.2, 0.25) is 0 Å². The molecule has 1 fully saturated rings. The lowest BCUT2D eigenvalue weighted by Gasteiger charge is -2.33. The topological polar surface area (TPSA) is 69.0 Å². The Hall–Kier alpha value is -3.28. The van der Waals surface area contributed by atoms with Gasteiger partial charge in [-0.05, 0) is 60.5 Å². The van der Waals surface area contributed by atoms with Crippen LogP contribution in [0, 0.1) is 11.3 Å². The zero-order valence-electron chi connectivity index (χ0n) is 18.2. The van der Waals surface area contributed by atoms with Gasteiger partial charge in [0.15, 0.2) is 0 Å². The summed E-state index contributed by atoms with van der Waals surface area (Å²) in [7, 11) is 0. The Morgan fingerprint density at radius 2 is 1.89 bits per heavy atom. The average Bonchev–Trinajstić information content (AvgIpc) is 3.29. The summed E-state index contributed by atoms with van der Waals surface area (Å²) in [5.74, 6) is -0.474. The maximum Gasteiger partial charge on any atom is 0.400 e. The van der Waals surface area contributed by atoms with Gasteiger partial charge in [-0.15, -0.1) is 0 Å². The van der Waals surface area contributed by atoms with Crippen LogP contribution in [0.3, 0.4) is 0 Å². The average molecular weight is 519 g/mol. The minimum absolute atomic E-state index is 0.00368. The van der Waals surface area contributed by atoms with Crippen molar-refractivity contribution in [2.75, 3.05) is 18.0 Å². The second kappa shape index (κ2) is 9.76. The summed E-state index contributed by atoms with van der Waals surface area (Å²) in [6.45, 7) is -0.0995. The van der Waals surface area contributed by atoms with Gasteiger partial charge in [0.1, 0.15) is 11.5 Å². The number of carbonyl (C=O) groups is 1. The van der Waals surface area contributed by atoms with Crippen LogP contribution in [0.1, 0.15) is 33.6 Å². The number of alkyl halides is 3. The van der Waals surface area contributed by atoms with Crippen molar-refractivity contribution in [3.8, 4) is 6.07 Å². The molecule has 0 radical (unpaired) electrons. The lowest BCUT2D eigenvalue weighted by molar-refractivity contribution is -0.184. The predicted molar refractivity (Wildman–Crippen MR) is 128 cm³/mol. The molecule has 1 atom stereocenters. The van der Waals surface area contributed by atoms with E-state index in [-0.39, 0.29) is 52.8 Å². The van der Waals surface area contributed by atoms with E-state index in [1.165, 1.54) is 30.3 Å². The van der Waals surface area contributed by atoms with Crippen molar-refractivity contribution in [1.82, 2.24) is 10.3 Å². The molecule has 35 heavy (non-hydrogen) atoms. The monoisotopic (exact) mass is 518 g/mol. The molecule has 4 rings (SSSR count). The van der Waals surface area contributed by atoms with Gasteiger partial charge in [-0.3, -0.25) is 9.78 Å². The minimum Gasteiger partial charge on any atom is -0.370 e.